The Kier molecular flexibility index (Phi) is 3.69. The van der Waals surface area contributed by atoms with Crippen LogP contribution in [0.1, 0.15) is 16.1 Å². The van der Waals surface area contributed by atoms with E-state index in [9.17, 15) is 4.79 Å². The van der Waals surface area contributed by atoms with Crippen molar-refractivity contribution in [2.45, 2.75) is 0 Å². The molecule has 0 aliphatic rings. The molecule has 0 aliphatic carbocycles. The van der Waals surface area contributed by atoms with Crippen molar-refractivity contribution in [1.29, 1.82) is 0 Å². The third-order valence-electron chi connectivity index (χ3n) is 3.08. The minimum Gasteiger partial charge on any atom is -0.267 e. The standard InChI is InChI=1S/C17H13N3O/c21-17(20-19-12-14-8-3-4-11-18-14)16-10-5-7-13-6-1-2-9-15(13)16/h1-12H,(H,20,21)/b19-12+. The average molecular weight is 275 g/mol. The summed E-state index contributed by atoms with van der Waals surface area (Å²) < 4.78 is 0. The molecule has 1 heterocycles. The van der Waals surface area contributed by atoms with Gasteiger partial charge in [0.25, 0.3) is 5.91 Å². The number of nitrogens with one attached hydrogen (secondary N) is 1. The Morgan fingerprint density at radius 1 is 1.00 bits per heavy atom. The number of carbonyl (C=O) groups is 1. The summed E-state index contributed by atoms with van der Waals surface area (Å²) in [5.41, 5.74) is 3.82. The van der Waals surface area contributed by atoms with E-state index < -0.39 is 0 Å². The van der Waals surface area contributed by atoms with E-state index in [1.54, 1.807) is 12.3 Å². The quantitative estimate of drug-likeness (QED) is 0.590. The van der Waals surface area contributed by atoms with Crippen LogP contribution in [0.25, 0.3) is 10.8 Å². The number of benzene rings is 2. The molecule has 1 aromatic heterocycles. The van der Waals surface area contributed by atoms with E-state index in [2.05, 4.69) is 15.5 Å². The smallest absolute Gasteiger partial charge is 0.267 e. The molecular formula is C17H13N3O. The molecule has 0 saturated carbocycles. The Balaban J connectivity index is 1.80. The van der Waals surface area contributed by atoms with Gasteiger partial charge in [-0.15, -0.1) is 0 Å². The van der Waals surface area contributed by atoms with Gasteiger partial charge in [-0.1, -0.05) is 42.5 Å². The molecule has 3 rings (SSSR count). The van der Waals surface area contributed by atoms with Crippen LogP contribution in [0.15, 0.2) is 72.0 Å². The van der Waals surface area contributed by atoms with Crippen molar-refractivity contribution in [3.63, 3.8) is 0 Å². The van der Waals surface area contributed by atoms with Crippen molar-refractivity contribution in [1.82, 2.24) is 10.4 Å². The average Bonchev–Trinajstić information content (AvgIpc) is 2.55. The molecule has 3 aromatic rings. The minimum atomic E-state index is -0.237. The van der Waals surface area contributed by atoms with Crippen LogP contribution in [-0.2, 0) is 0 Å². The second-order valence-electron chi connectivity index (χ2n) is 4.48. The van der Waals surface area contributed by atoms with Crippen LogP contribution < -0.4 is 5.43 Å². The van der Waals surface area contributed by atoms with Crippen LogP contribution in [0, 0.1) is 0 Å². The van der Waals surface area contributed by atoms with E-state index in [1.807, 2.05) is 54.6 Å². The van der Waals surface area contributed by atoms with Crippen molar-refractivity contribution >= 4 is 22.9 Å². The van der Waals surface area contributed by atoms with E-state index in [0.717, 1.165) is 10.8 Å². The van der Waals surface area contributed by atoms with Gasteiger partial charge in [0.2, 0.25) is 0 Å². The number of aromatic nitrogens is 1. The number of nitrogens with zero attached hydrogens (tertiary/aromatic N) is 2. The van der Waals surface area contributed by atoms with E-state index in [0.29, 0.717) is 11.3 Å². The summed E-state index contributed by atoms with van der Waals surface area (Å²) >= 11 is 0. The summed E-state index contributed by atoms with van der Waals surface area (Å²) in [7, 11) is 0. The van der Waals surface area contributed by atoms with E-state index in [4.69, 9.17) is 0 Å². The van der Waals surface area contributed by atoms with Crippen molar-refractivity contribution in [2.24, 2.45) is 5.10 Å². The summed E-state index contributed by atoms with van der Waals surface area (Å²) in [6.45, 7) is 0. The van der Waals surface area contributed by atoms with Crippen molar-refractivity contribution in [2.75, 3.05) is 0 Å². The fourth-order valence-electron chi connectivity index (χ4n) is 2.09. The van der Waals surface area contributed by atoms with Gasteiger partial charge < -0.3 is 0 Å². The monoisotopic (exact) mass is 275 g/mol. The summed E-state index contributed by atoms with van der Waals surface area (Å²) in [6.07, 6.45) is 3.19. The first kappa shape index (κ1) is 13.0. The van der Waals surface area contributed by atoms with E-state index in [-0.39, 0.29) is 5.91 Å². The Morgan fingerprint density at radius 3 is 2.67 bits per heavy atom. The Bertz CT molecular complexity index is 792. The van der Waals surface area contributed by atoms with Gasteiger partial charge in [-0.3, -0.25) is 9.78 Å². The van der Waals surface area contributed by atoms with Gasteiger partial charge in [0.05, 0.1) is 11.9 Å². The van der Waals surface area contributed by atoms with Gasteiger partial charge in [0.15, 0.2) is 0 Å². The molecule has 1 amide bonds. The lowest BCUT2D eigenvalue weighted by molar-refractivity contribution is 0.0957. The molecule has 0 saturated heterocycles. The van der Waals surface area contributed by atoms with Gasteiger partial charge in [-0.05, 0) is 29.0 Å². The molecule has 0 unspecified atom stereocenters. The van der Waals surface area contributed by atoms with Gasteiger partial charge in [0.1, 0.15) is 0 Å². The largest absolute Gasteiger partial charge is 0.271 e. The van der Waals surface area contributed by atoms with Crippen molar-refractivity contribution in [3.05, 3.63) is 78.1 Å². The summed E-state index contributed by atoms with van der Waals surface area (Å²) in [5, 5.41) is 5.87. The number of hydrazone groups is 1. The topological polar surface area (TPSA) is 54.4 Å². The molecule has 0 bridgehead atoms. The van der Waals surface area contributed by atoms with E-state index in [1.165, 1.54) is 6.21 Å². The summed E-state index contributed by atoms with van der Waals surface area (Å²) in [5.74, 6) is -0.237. The Labute approximate surface area is 122 Å². The van der Waals surface area contributed by atoms with Gasteiger partial charge in [-0.2, -0.15) is 5.10 Å². The lowest BCUT2D eigenvalue weighted by atomic mass is 10.0. The first-order valence-electron chi connectivity index (χ1n) is 6.57. The van der Waals surface area contributed by atoms with Crippen LogP contribution in [-0.4, -0.2) is 17.1 Å². The lowest BCUT2D eigenvalue weighted by Gasteiger charge is -2.04. The molecule has 0 spiro atoms. The number of fused-ring (bicyclic) bond motifs is 1. The molecule has 4 heteroatoms. The fourth-order valence-corrected chi connectivity index (χ4v) is 2.09. The number of hydrogen-bond donors (Lipinski definition) is 1. The number of rotatable bonds is 3. The maximum absolute atomic E-state index is 12.2. The highest BCUT2D eigenvalue weighted by Crippen LogP contribution is 2.18. The minimum absolute atomic E-state index is 0.237. The second-order valence-corrected chi connectivity index (χ2v) is 4.48. The van der Waals surface area contributed by atoms with Crippen molar-refractivity contribution in [3.8, 4) is 0 Å². The molecule has 2 aromatic carbocycles. The fraction of sp³-hybridized carbons (Fsp3) is 0. The summed E-state index contributed by atoms with van der Waals surface area (Å²) in [4.78, 5) is 16.3. The molecule has 0 radical (unpaired) electrons. The Morgan fingerprint density at radius 2 is 1.81 bits per heavy atom. The van der Waals surface area contributed by atoms with Crippen molar-refractivity contribution < 1.29 is 4.79 Å². The molecule has 1 N–H and O–H groups in total. The molecule has 0 aliphatic heterocycles. The lowest BCUT2D eigenvalue weighted by Crippen LogP contribution is -2.18. The van der Waals surface area contributed by atoms with Gasteiger partial charge in [0, 0.05) is 11.8 Å². The Hall–Kier alpha value is -3.01. The zero-order valence-electron chi connectivity index (χ0n) is 11.2. The summed E-state index contributed by atoms with van der Waals surface area (Å²) in [6, 6.07) is 18.9. The highest BCUT2D eigenvalue weighted by atomic mass is 16.2. The van der Waals surface area contributed by atoms with Gasteiger partial charge >= 0.3 is 0 Å². The molecule has 0 fully saturated rings. The number of hydrogen-bond acceptors (Lipinski definition) is 3. The zero-order chi connectivity index (χ0) is 14.5. The predicted octanol–water partition coefficient (Wildman–Crippen LogP) is 3.00. The van der Waals surface area contributed by atoms with Crippen LogP contribution in [0.4, 0.5) is 0 Å². The first-order chi connectivity index (χ1) is 10.3. The highest BCUT2D eigenvalue weighted by Gasteiger charge is 2.08. The number of amides is 1. The number of carbonyl (C=O) groups excluding carboxylic acids is 1. The molecule has 21 heavy (non-hydrogen) atoms. The molecule has 0 atom stereocenters. The highest BCUT2D eigenvalue weighted by molar-refractivity contribution is 6.07. The van der Waals surface area contributed by atoms with Crippen LogP contribution >= 0.6 is 0 Å². The predicted molar refractivity (Wildman–Crippen MR) is 83.2 cm³/mol. The molecule has 102 valence electrons. The van der Waals surface area contributed by atoms with Gasteiger partial charge in [-0.25, -0.2) is 5.43 Å². The number of pyridine rings is 1. The normalized spacial score (nSPS) is 10.9. The zero-order valence-corrected chi connectivity index (χ0v) is 11.2. The first-order valence-corrected chi connectivity index (χ1v) is 6.57. The SMILES string of the molecule is O=C(N/N=C/c1ccccn1)c1cccc2ccccc12. The van der Waals surface area contributed by atoms with E-state index >= 15 is 0 Å². The molecular weight excluding hydrogens is 262 g/mol. The van der Waals surface area contributed by atoms with Crippen LogP contribution in [0.2, 0.25) is 0 Å². The molecule has 4 nitrogen and oxygen atoms in total. The third-order valence-corrected chi connectivity index (χ3v) is 3.08. The maximum Gasteiger partial charge on any atom is 0.271 e. The van der Waals surface area contributed by atoms with Crippen LogP contribution in [0.5, 0.6) is 0 Å². The second kappa shape index (κ2) is 5.96. The maximum atomic E-state index is 12.2. The third kappa shape index (κ3) is 2.95. The van der Waals surface area contributed by atoms with Crippen LogP contribution in [0.3, 0.4) is 0 Å².